The van der Waals surface area contributed by atoms with Crippen LogP contribution in [0.5, 0.6) is 0 Å². The average Bonchev–Trinajstić information content (AvgIpc) is 2.51. The van der Waals surface area contributed by atoms with Crippen LogP contribution in [0.3, 0.4) is 0 Å². The van der Waals surface area contributed by atoms with Gasteiger partial charge in [0.05, 0.1) is 23.4 Å². The third-order valence-electron chi connectivity index (χ3n) is 2.77. The Kier molecular flexibility index (Phi) is 4.95. The van der Waals surface area contributed by atoms with Gasteiger partial charge in [0.15, 0.2) is 0 Å². The molecular formula is C15H12ClFN2O3. The van der Waals surface area contributed by atoms with Crippen LogP contribution in [-0.2, 0) is 4.74 Å². The molecule has 0 aromatic heterocycles. The summed E-state index contributed by atoms with van der Waals surface area (Å²) in [6.07, 6.45) is 0. The number of amides is 2. The summed E-state index contributed by atoms with van der Waals surface area (Å²) in [5.41, 5.74) is 0.677. The number of ether oxygens (including phenoxy) is 1. The molecule has 5 nitrogen and oxygen atoms in total. The van der Waals surface area contributed by atoms with E-state index in [1.165, 1.54) is 49.6 Å². The second-order valence-corrected chi connectivity index (χ2v) is 4.65. The number of hydrogen-bond donors (Lipinski definition) is 2. The molecule has 7 heteroatoms. The number of urea groups is 1. The van der Waals surface area contributed by atoms with Crippen molar-refractivity contribution in [1.82, 2.24) is 0 Å². The summed E-state index contributed by atoms with van der Waals surface area (Å²) in [5.74, 6) is -1.11. The van der Waals surface area contributed by atoms with Gasteiger partial charge >= 0.3 is 12.0 Å². The molecule has 0 spiro atoms. The number of carbonyl (C=O) groups is 2. The quantitative estimate of drug-likeness (QED) is 0.842. The van der Waals surface area contributed by atoms with E-state index < -0.39 is 17.8 Å². The number of carbonyl (C=O) groups excluding carboxylic acids is 2. The molecular weight excluding hydrogens is 311 g/mol. The first kappa shape index (κ1) is 15.8. The number of benzene rings is 2. The fourth-order valence-corrected chi connectivity index (χ4v) is 1.91. The summed E-state index contributed by atoms with van der Waals surface area (Å²) < 4.78 is 18.1. The Morgan fingerprint density at radius 1 is 1.09 bits per heavy atom. The highest BCUT2D eigenvalue weighted by Gasteiger charge is 2.11. The molecule has 0 fully saturated rings. The molecule has 22 heavy (non-hydrogen) atoms. The van der Waals surface area contributed by atoms with Crippen molar-refractivity contribution in [3.05, 3.63) is 58.9 Å². The van der Waals surface area contributed by atoms with E-state index in [4.69, 9.17) is 11.6 Å². The summed E-state index contributed by atoms with van der Waals surface area (Å²) in [5, 5.41) is 4.92. The van der Waals surface area contributed by atoms with E-state index in [2.05, 4.69) is 15.4 Å². The fraction of sp³-hybridized carbons (Fsp3) is 0.0667. The largest absolute Gasteiger partial charge is 0.465 e. The Morgan fingerprint density at radius 3 is 2.36 bits per heavy atom. The standard InChI is InChI=1S/C15H12ClFN2O3/c1-22-14(20)9-5-7-10(8-6-9)18-15(21)19-13-11(16)3-2-4-12(13)17/h2-8H,1H3,(H2,18,19,21). The summed E-state index contributed by atoms with van der Waals surface area (Å²) >= 11 is 5.81. The monoisotopic (exact) mass is 322 g/mol. The predicted octanol–water partition coefficient (Wildman–Crippen LogP) is 3.91. The van der Waals surface area contributed by atoms with E-state index in [0.29, 0.717) is 11.3 Å². The molecule has 0 unspecified atom stereocenters. The number of nitrogens with one attached hydrogen (secondary N) is 2. The van der Waals surface area contributed by atoms with Gasteiger partial charge in [-0.05, 0) is 36.4 Å². The summed E-state index contributed by atoms with van der Waals surface area (Å²) in [6, 6.07) is 9.47. The van der Waals surface area contributed by atoms with Crippen LogP contribution in [0.2, 0.25) is 5.02 Å². The van der Waals surface area contributed by atoms with Crippen molar-refractivity contribution in [3.63, 3.8) is 0 Å². The lowest BCUT2D eigenvalue weighted by molar-refractivity contribution is 0.0601. The molecule has 0 aliphatic carbocycles. The molecule has 0 radical (unpaired) electrons. The molecule has 2 aromatic carbocycles. The Balaban J connectivity index is 2.05. The van der Waals surface area contributed by atoms with Crippen LogP contribution in [-0.4, -0.2) is 19.1 Å². The first-order chi connectivity index (χ1) is 10.5. The zero-order valence-corrected chi connectivity index (χ0v) is 12.3. The lowest BCUT2D eigenvalue weighted by Gasteiger charge is -2.10. The highest BCUT2D eigenvalue weighted by atomic mass is 35.5. The number of rotatable bonds is 3. The number of anilines is 2. The number of esters is 1. The second-order valence-electron chi connectivity index (χ2n) is 4.24. The van der Waals surface area contributed by atoms with Crippen LogP contribution in [0.15, 0.2) is 42.5 Å². The van der Waals surface area contributed by atoms with Gasteiger partial charge in [-0.25, -0.2) is 14.0 Å². The Bertz CT molecular complexity index is 684. The smallest absolute Gasteiger partial charge is 0.337 e. The van der Waals surface area contributed by atoms with Gasteiger partial charge in [0.25, 0.3) is 0 Å². The normalized spacial score (nSPS) is 9.95. The molecule has 0 heterocycles. The van der Waals surface area contributed by atoms with Gasteiger partial charge < -0.3 is 15.4 Å². The summed E-state index contributed by atoms with van der Waals surface area (Å²) in [7, 11) is 1.28. The van der Waals surface area contributed by atoms with Gasteiger partial charge in [-0.1, -0.05) is 17.7 Å². The topological polar surface area (TPSA) is 67.4 Å². The second kappa shape index (κ2) is 6.91. The molecule has 2 N–H and O–H groups in total. The predicted molar refractivity (Wildman–Crippen MR) is 81.8 cm³/mol. The van der Waals surface area contributed by atoms with E-state index in [0.717, 1.165) is 0 Å². The summed E-state index contributed by atoms with van der Waals surface area (Å²) in [4.78, 5) is 23.1. The number of para-hydroxylation sites is 1. The van der Waals surface area contributed by atoms with Crippen molar-refractivity contribution < 1.29 is 18.7 Å². The zero-order chi connectivity index (χ0) is 16.1. The van der Waals surface area contributed by atoms with Crippen LogP contribution in [0, 0.1) is 5.82 Å². The van der Waals surface area contributed by atoms with E-state index in [1.54, 1.807) is 0 Å². The first-order valence-electron chi connectivity index (χ1n) is 6.21. The minimum atomic E-state index is -0.655. The van der Waals surface area contributed by atoms with Crippen molar-refractivity contribution in [2.24, 2.45) is 0 Å². The minimum Gasteiger partial charge on any atom is -0.465 e. The molecule has 2 amide bonds. The minimum absolute atomic E-state index is 0.0937. The highest BCUT2D eigenvalue weighted by Crippen LogP contribution is 2.24. The van der Waals surface area contributed by atoms with Crippen molar-refractivity contribution in [2.45, 2.75) is 0 Å². The highest BCUT2D eigenvalue weighted by molar-refractivity contribution is 6.33. The van der Waals surface area contributed by atoms with E-state index >= 15 is 0 Å². The van der Waals surface area contributed by atoms with E-state index in [9.17, 15) is 14.0 Å². The van der Waals surface area contributed by atoms with Crippen molar-refractivity contribution in [1.29, 1.82) is 0 Å². The maximum Gasteiger partial charge on any atom is 0.337 e. The van der Waals surface area contributed by atoms with Crippen molar-refractivity contribution in [3.8, 4) is 0 Å². The molecule has 2 aromatic rings. The zero-order valence-electron chi connectivity index (χ0n) is 11.5. The lowest BCUT2D eigenvalue weighted by Crippen LogP contribution is -2.20. The van der Waals surface area contributed by atoms with Gasteiger partial charge in [-0.15, -0.1) is 0 Å². The maximum atomic E-state index is 13.6. The third kappa shape index (κ3) is 3.73. The van der Waals surface area contributed by atoms with E-state index in [1.807, 2.05) is 0 Å². The number of halogens is 2. The average molecular weight is 323 g/mol. The van der Waals surface area contributed by atoms with Gasteiger partial charge in [-0.2, -0.15) is 0 Å². The van der Waals surface area contributed by atoms with Gasteiger partial charge in [0, 0.05) is 5.69 Å². The number of methoxy groups -OCH3 is 1. The first-order valence-corrected chi connectivity index (χ1v) is 6.59. The Hall–Kier alpha value is -2.60. The van der Waals surface area contributed by atoms with Gasteiger partial charge in [0.1, 0.15) is 5.82 Å². The van der Waals surface area contributed by atoms with Crippen LogP contribution in [0.4, 0.5) is 20.6 Å². The van der Waals surface area contributed by atoms with Crippen molar-refractivity contribution >= 4 is 35.0 Å². The molecule has 0 bridgehead atoms. The van der Waals surface area contributed by atoms with Crippen LogP contribution in [0.1, 0.15) is 10.4 Å². The van der Waals surface area contributed by atoms with Crippen LogP contribution < -0.4 is 10.6 Å². The fourth-order valence-electron chi connectivity index (χ4n) is 1.70. The SMILES string of the molecule is COC(=O)c1ccc(NC(=O)Nc2c(F)cccc2Cl)cc1. The summed E-state index contributed by atoms with van der Waals surface area (Å²) in [6.45, 7) is 0. The molecule has 0 aliphatic rings. The van der Waals surface area contributed by atoms with Crippen LogP contribution in [0.25, 0.3) is 0 Å². The lowest BCUT2D eigenvalue weighted by atomic mass is 10.2. The number of hydrogen-bond acceptors (Lipinski definition) is 3. The molecule has 0 atom stereocenters. The molecule has 114 valence electrons. The van der Waals surface area contributed by atoms with Crippen LogP contribution >= 0.6 is 11.6 Å². The van der Waals surface area contributed by atoms with Gasteiger partial charge in [0.2, 0.25) is 0 Å². The van der Waals surface area contributed by atoms with Gasteiger partial charge in [-0.3, -0.25) is 0 Å². The van der Waals surface area contributed by atoms with E-state index in [-0.39, 0.29) is 10.7 Å². The molecule has 0 aliphatic heterocycles. The Morgan fingerprint density at radius 2 is 1.77 bits per heavy atom. The maximum absolute atomic E-state index is 13.6. The molecule has 0 saturated carbocycles. The van der Waals surface area contributed by atoms with Crippen molar-refractivity contribution in [2.75, 3.05) is 17.7 Å². The molecule has 0 saturated heterocycles. The third-order valence-corrected chi connectivity index (χ3v) is 3.08. The molecule has 2 rings (SSSR count). The Labute approximate surface area is 131 Å².